The van der Waals surface area contributed by atoms with E-state index in [2.05, 4.69) is 17.1 Å². The maximum absolute atomic E-state index is 6.39. The van der Waals surface area contributed by atoms with Crippen molar-refractivity contribution in [2.24, 2.45) is 0 Å². The average molecular weight is 295 g/mol. The van der Waals surface area contributed by atoms with Crippen LogP contribution in [0.1, 0.15) is 42.5 Å². The van der Waals surface area contributed by atoms with E-state index in [-0.39, 0.29) is 10.1 Å². The summed E-state index contributed by atoms with van der Waals surface area (Å²) < 4.78 is 5.77. The molecule has 0 bridgehead atoms. The van der Waals surface area contributed by atoms with Crippen molar-refractivity contribution in [2.45, 2.75) is 29.9 Å². The normalized spacial score (nSPS) is 24.5. The van der Waals surface area contributed by atoms with Crippen LogP contribution in [0.15, 0.2) is 34.7 Å². The van der Waals surface area contributed by atoms with E-state index in [1.807, 2.05) is 42.1 Å². The van der Waals surface area contributed by atoms with Gasteiger partial charge in [-0.25, -0.2) is 0 Å². The highest BCUT2D eigenvalue weighted by Gasteiger charge is 2.37. The van der Waals surface area contributed by atoms with Gasteiger partial charge >= 0.3 is 0 Å². The predicted octanol–water partition coefficient (Wildman–Crippen LogP) is 4.14. The lowest BCUT2D eigenvalue weighted by molar-refractivity contribution is 0.404. The van der Waals surface area contributed by atoms with Crippen LogP contribution in [0.4, 0.5) is 0 Å². The second-order valence-corrected chi connectivity index (χ2v) is 6.94. The van der Waals surface area contributed by atoms with E-state index in [0.29, 0.717) is 11.8 Å². The molecule has 2 unspecified atom stereocenters. The summed E-state index contributed by atoms with van der Waals surface area (Å²) in [4.78, 5) is 0. The molecule has 0 spiro atoms. The molecule has 3 nitrogen and oxygen atoms in total. The quantitative estimate of drug-likeness (QED) is 0.798. The Bertz CT molecular complexity index is 552. The van der Waals surface area contributed by atoms with Crippen molar-refractivity contribution in [3.8, 4) is 0 Å². The molecule has 0 N–H and O–H groups in total. The lowest BCUT2D eigenvalue weighted by atomic mass is 10.1. The number of aromatic nitrogens is 2. The molecule has 5 heteroatoms. The lowest BCUT2D eigenvalue weighted by Gasteiger charge is -2.16. The van der Waals surface area contributed by atoms with Crippen LogP contribution in [0.25, 0.3) is 0 Å². The minimum Gasteiger partial charge on any atom is -0.422 e. The molecule has 0 saturated carbocycles. The monoisotopic (exact) mass is 294 g/mol. The summed E-state index contributed by atoms with van der Waals surface area (Å²) in [5.41, 5.74) is 0.976. The average Bonchev–Trinajstić information content (AvgIpc) is 3.08. The van der Waals surface area contributed by atoms with Crippen molar-refractivity contribution in [3.63, 3.8) is 0 Å². The van der Waals surface area contributed by atoms with E-state index in [1.54, 1.807) is 0 Å². The first-order valence-corrected chi connectivity index (χ1v) is 7.78. The standard InChI is InChI=1S/C14H15ClN2OS/c1-14(8-5-9-19-14)13-17-16-12(18-13)11(15)10-6-3-2-4-7-10/h2-4,6-7,11H,5,8-9H2,1H3. The van der Waals surface area contributed by atoms with Gasteiger partial charge in [0.15, 0.2) is 0 Å². The zero-order valence-corrected chi connectivity index (χ0v) is 12.2. The summed E-state index contributed by atoms with van der Waals surface area (Å²) in [6, 6.07) is 9.80. The van der Waals surface area contributed by atoms with Crippen LogP contribution in [0, 0.1) is 0 Å². The van der Waals surface area contributed by atoms with Gasteiger partial charge in [0, 0.05) is 0 Å². The third kappa shape index (κ3) is 2.51. The van der Waals surface area contributed by atoms with Gasteiger partial charge in [0.2, 0.25) is 11.8 Å². The van der Waals surface area contributed by atoms with Crippen molar-refractivity contribution in [1.29, 1.82) is 0 Å². The Hall–Kier alpha value is -1.000. The van der Waals surface area contributed by atoms with Crippen molar-refractivity contribution >= 4 is 23.4 Å². The number of hydrogen-bond donors (Lipinski definition) is 0. The zero-order valence-electron chi connectivity index (χ0n) is 10.7. The van der Waals surface area contributed by atoms with Crippen molar-refractivity contribution < 1.29 is 4.42 Å². The molecule has 1 aliphatic heterocycles. The number of benzene rings is 1. The van der Waals surface area contributed by atoms with Crippen LogP contribution in [-0.2, 0) is 4.75 Å². The third-order valence-corrected chi connectivity index (χ3v) is 5.37. The first-order valence-electron chi connectivity index (χ1n) is 6.36. The molecular formula is C14H15ClN2OS. The topological polar surface area (TPSA) is 38.9 Å². The van der Waals surface area contributed by atoms with E-state index >= 15 is 0 Å². The molecule has 100 valence electrons. The molecule has 1 aromatic heterocycles. The summed E-state index contributed by atoms with van der Waals surface area (Å²) >= 11 is 8.27. The number of rotatable bonds is 3. The molecule has 2 atom stereocenters. The van der Waals surface area contributed by atoms with E-state index in [1.165, 1.54) is 6.42 Å². The minimum atomic E-state index is -0.377. The second kappa shape index (κ2) is 5.17. The molecule has 1 fully saturated rings. The van der Waals surface area contributed by atoms with Gasteiger partial charge in [-0.3, -0.25) is 0 Å². The zero-order chi connectivity index (χ0) is 13.3. The fourth-order valence-corrected chi connectivity index (χ4v) is 3.73. The molecule has 19 heavy (non-hydrogen) atoms. The van der Waals surface area contributed by atoms with Gasteiger partial charge in [-0.1, -0.05) is 30.3 Å². The first-order chi connectivity index (χ1) is 9.19. The second-order valence-electron chi connectivity index (χ2n) is 4.90. The van der Waals surface area contributed by atoms with Gasteiger partial charge < -0.3 is 4.42 Å². The van der Waals surface area contributed by atoms with E-state index in [4.69, 9.17) is 16.0 Å². The number of thioether (sulfide) groups is 1. The highest BCUT2D eigenvalue weighted by Crippen LogP contribution is 2.46. The van der Waals surface area contributed by atoms with Crippen LogP contribution < -0.4 is 0 Å². The summed E-state index contributed by atoms with van der Waals surface area (Å²) in [7, 11) is 0. The number of nitrogens with zero attached hydrogens (tertiary/aromatic N) is 2. The number of alkyl halides is 1. The van der Waals surface area contributed by atoms with E-state index in [0.717, 1.165) is 17.7 Å². The molecular weight excluding hydrogens is 280 g/mol. The first kappa shape index (κ1) is 13.0. The van der Waals surface area contributed by atoms with Crippen LogP contribution >= 0.6 is 23.4 Å². The van der Waals surface area contributed by atoms with Gasteiger partial charge in [-0.2, -0.15) is 0 Å². The molecule has 0 radical (unpaired) electrons. The minimum absolute atomic E-state index is 0.0431. The molecule has 2 aromatic rings. The third-order valence-electron chi connectivity index (χ3n) is 3.42. The van der Waals surface area contributed by atoms with Crippen LogP contribution in [-0.4, -0.2) is 16.0 Å². The van der Waals surface area contributed by atoms with Gasteiger partial charge in [0.1, 0.15) is 5.38 Å². The summed E-state index contributed by atoms with van der Waals surface area (Å²) in [6.45, 7) is 2.16. The summed E-state index contributed by atoms with van der Waals surface area (Å²) in [5, 5.41) is 7.94. The van der Waals surface area contributed by atoms with Gasteiger partial charge in [0.05, 0.1) is 4.75 Å². The lowest BCUT2D eigenvalue weighted by Crippen LogP contribution is -2.13. The van der Waals surface area contributed by atoms with Gasteiger partial charge in [-0.05, 0) is 31.1 Å². The molecule has 1 aliphatic rings. The Morgan fingerprint density at radius 1 is 1.32 bits per heavy atom. The van der Waals surface area contributed by atoms with Crippen LogP contribution in [0.3, 0.4) is 0 Å². The van der Waals surface area contributed by atoms with E-state index in [9.17, 15) is 0 Å². The molecule has 1 saturated heterocycles. The van der Waals surface area contributed by atoms with Gasteiger partial charge in [0.25, 0.3) is 0 Å². The van der Waals surface area contributed by atoms with Gasteiger partial charge in [-0.15, -0.1) is 33.6 Å². The fraction of sp³-hybridized carbons (Fsp3) is 0.429. The van der Waals surface area contributed by atoms with E-state index < -0.39 is 0 Å². The Kier molecular flexibility index (Phi) is 3.54. The highest BCUT2D eigenvalue weighted by molar-refractivity contribution is 8.00. The predicted molar refractivity (Wildman–Crippen MR) is 77.5 cm³/mol. The summed E-state index contributed by atoms with van der Waals surface area (Å²) in [5.74, 6) is 2.33. The SMILES string of the molecule is CC1(c2nnc(C(Cl)c3ccccc3)o2)CCCS1. The molecule has 0 aliphatic carbocycles. The fourth-order valence-electron chi connectivity index (χ4n) is 2.26. The molecule has 1 aromatic carbocycles. The van der Waals surface area contributed by atoms with Crippen LogP contribution in [0.5, 0.6) is 0 Å². The largest absolute Gasteiger partial charge is 0.422 e. The maximum Gasteiger partial charge on any atom is 0.238 e. The Morgan fingerprint density at radius 2 is 2.11 bits per heavy atom. The Labute approximate surface area is 121 Å². The van der Waals surface area contributed by atoms with Crippen LogP contribution in [0.2, 0.25) is 0 Å². The smallest absolute Gasteiger partial charge is 0.238 e. The van der Waals surface area contributed by atoms with Crippen molar-refractivity contribution in [2.75, 3.05) is 5.75 Å². The number of halogens is 1. The summed E-state index contributed by atoms with van der Waals surface area (Å²) in [6.07, 6.45) is 2.28. The molecule has 2 heterocycles. The molecule has 0 amide bonds. The van der Waals surface area contributed by atoms with Crippen molar-refractivity contribution in [1.82, 2.24) is 10.2 Å². The molecule has 3 rings (SSSR count). The maximum atomic E-state index is 6.39. The number of hydrogen-bond acceptors (Lipinski definition) is 4. The Balaban J connectivity index is 1.85. The Morgan fingerprint density at radius 3 is 2.79 bits per heavy atom. The highest BCUT2D eigenvalue weighted by atomic mass is 35.5. The van der Waals surface area contributed by atoms with Crippen molar-refractivity contribution in [3.05, 3.63) is 47.7 Å².